The number of hydrogen-bond acceptors (Lipinski definition) is 3. The molecule has 3 heteroatoms. The van der Waals surface area contributed by atoms with Crippen LogP contribution in [0.3, 0.4) is 0 Å². The average Bonchev–Trinajstić information content (AvgIpc) is 2.03. The van der Waals surface area contributed by atoms with Crippen molar-refractivity contribution in [2.24, 2.45) is 10.2 Å². The predicted molar refractivity (Wildman–Crippen MR) is 37.3 cm³/mol. The third-order valence-electron chi connectivity index (χ3n) is 1.84. The van der Waals surface area contributed by atoms with Crippen LogP contribution in [0.2, 0.25) is 0 Å². The van der Waals surface area contributed by atoms with Gasteiger partial charge in [-0.2, -0.15) is 10.4 Å². The minimum absolute atomic E-state index is 0.341. The molecule has 3 nitrogen and oxygen atoms in total. The van der Waals surface area contributed by atoms with E-state index in [2.05, 4.69) is 10.2 Å². The number of nitriles is 1. The van der Waals surface area contributed by atoms with Crippen molar-refractivity contribution in [3.05, 3.63) is 0 Å². The van der Waals surface area contributed by atoms with Gasteiger partial charge in [0.2, 0.25) is 6.19 Å². The van der Waals surface area contributed by atoms with Crippen LogP contribution in [0.15, 0.2) is 10.2 Å². The molecule has 0 atom stereocenters. The van der Waals surface area contributed by atoms with Crippen LogP contribution in [0, 0.1) is 11.5 Å². The highest BCUT2D eigenvalue weighted by Crippen LogP contribution is 2.20. The van der Waals surface area contributed by atoms with Gasteiger partial charge in [-0.25, -0.2) is 0 Å². The lowest BCUT2D eigenvalue weighted by atomic mass is 9.96. The second kappa shape index (κ2) is 3.99. The van der Waals surface area contributed by atoms with Gasteiger partial charge in [0.1, 0.15) is 0 Å². The highest BCUT2D eigenvalue weighted by Gasteiger charge is 2.11. The Hall–Kier alpha value is -0.910. The van der Waals surface area contributed by atoms with Crippen LogP contribution in [0.4, 0.5) is 0 Å². The quantitative estimate of drug-likeness (QED) is 0.404. The van der Waals surface area contributed by atoms with Gasteiger partial charge in [-0.1, -0.05) is 24.4 Å². The van der Waals surface area contributed by atoms with Gasteiger partial charge in [0, 0.05) is 0 Å². The van der Waals surface area contributed by atoms with E-state index in [1.165, 1.54) is 19.3 Å². The molecule has 0 N–H and O–H groups in total. The lowest BCUT2D eigenvalue weighted by Crippen LogP contribution is -2.08. The first-order chi connectivity index (χ1) is 4.93. The second-order valence-electron chi connectivity index (χ2n) is 2.61. The van der Waals surface area contributed by atoms with Crippen LogP contribution < -0.4 is 0 Å². The fraction of sp³-hybridized carbons (Fsp3) is 0.857. The van der Waals surface area contributed by atoms with Crippen LogP contribution in [-0.2, 0) is 0 Å². The van der Waals surface area contributed by atoms with Gasteiger partial charge in [0.05, 0.1) is 6.04 Å². The number of rotatable bonds is 1. The zero-order valence-corrected chi connectivity index (χ0v) is 5.95. The zero-order chi connectivity index (χ0) is 7.23. The molecule has 0 radical (unpaired) electrons. The summed E-state index contributed by atoms with van der Waals surface area (Å²) in [5.74, 6) is 0. The highest BCUT2D eigenvalue weighted by molar-refractivity contribution is 4.71. The molecule has 0 heterocycles. The third-order valence-corrected chi connectivity index (χ3v) is 1.84. The highest BCUT2D eigenvalue weighted by atomic mass is 15.1. The predicted octanol–water partition coefficient (Wildman–Crippen LogP) is 2.25. The molecule has 1 fully saturated rings. The Balaban J connectivity index is 2.27. The molecule has 0 saturated heterocycles. The van der Waals surface area contributed by atoms with E-state index in [1.54, 1.807) is 6.19 Å². The Morgan fingerprint density at radius 2 is 1.90 bits per heavy atom. The molecule has 1 aliphatic carbocycles. The minimum Gasteiger partial charge on any atom is -0.174 e. The topological polar surface area (TPSA) is 48.5 Å². The molecule has 0 aliphatic heterocycles. The van der Waals surface area contributed by atoms with Crippen molar-refractivity contribution in [2.75, 3.05) is 0 Å². The van der Waals surface area contributed by atoms with Crippen molar-refractivity contribution in [2.45, 2.75) is 38.1 Å². The molecule has 1 saturated carbocycles. The first-order valence-corrected chi connectivity index (χ1v) is 3.72. The monoisotopic (exact) mass is 137 g/mol. The standard InChI is InChI=1S/C7H11N3/c8-6-9-10-7-4-2-1-3-5-7/h7H,1-5H2. The molecule has 10 heavy (non-hydrogen) atoms. The molecular weight excluding hydrogens is 126 g/mol. The largest absolute Gasteiger partial charge is 0.225 e. The first kappa shape index (κ1) is 7.20. The number of azo groups is 1. The maximum atomic E-state index is 8.09. The van der Waals surface area contributed by atoms with Gasteiger partial charge in [-0.05, 0) is 12.8 Å². The molecule has 0 aromatic rings. The van der Waals surface area contributed by atoms with Gasteiger partial charge in [-0.3, -0.25) is 0 Å². The molecule has 54 valence electrons. The van der Waals surface area contributed by atoms with E-state index in [-0.39, 0.29) is 0 Å². The summed E-state index contributed by atoms with van der Waals surface area (Å²) in [6.07, 6.45) is 7.71. The minimum atomic E-state index is 0.341. The Bertz CT molecular complexity index is 151. The Morgan fingerprint density at radius 1 is 1.20 bits per heavy atom. The SMILES string of the molecule is N#CN=NC1CCCCC1. The van der Waals surface area contributed by atoms with E-state index in [0.717, 1.165) is 12.8 Å². The summed E-state index contributed by atoms with van der Waals surface area (Å²) in [4.78, 5) is 0. The summed E-state index contributed by atoms with van der Waals surface area (Å²) in [5, 5.41) is 15.3. The second-order valence-corrected chi connectivity index (χ2v) is 2.61. The number of nitrogens with zero attached hydrogens (tertiary/aromatic N) is 3. The van der Waals surface area contributed by atoms with E-state index in [0.29, 0.717) is 6.04 Å². The Labute approximate surface area is 60.8 Å². The summed E-state index contributed by atoms with van der Waals surface area (Å²) in [6.45, 7) is 0. The van der Waals surface area contributed by atoms with Gasteiger partial charge in [-0.15, -0.1) is 0 Å². The van der Waals surface area contributed by atoms with E-state index in [9.17, 15) is 0 Å². The summed E-state index contributed by atoms with van der Waals surface area (Å²) in [5.41, 5.74) is 0. The van der Waals surface area contributed by atoms with Crippen LogP contribution in [-0.4, -0.2) is 6.04 Å². The molecule has 1 rings (SSSR count). The van der Waals surface area contributed by atoms with Crippen molar-refractivity contribution < 1.29 is 0 Å². The summed E-state index contributed by atoms with van der Waals surface area (Å²) in [6, 6.07) is 0.341. The van der Waals surface area contributed by atoms with E-state index in [4.69, 9.17) is 5.26 Å². The third kappa shape index (κ3) is 2.14. The molecule has 1 aliphatic rings. The van der Waals surface area contributed by atoms with Crippen molar-refractivity contribution in [3.8, 4) is 6.19 Å². The maximum absolute atomic E-state index is 8.09. The lowest BCUT2D eigenvalue weighted by Gasteiger charge is -2.14. The molecule has 0 aromatic heterocycles. The van der Waals surface area contributed by atoms with E-state index < -0.39 is 0 Å². The van der Waals surface area contributed by atoms with Gasteiger partial charge >= 0.3 is 0 Å². The van der Waals surface area contributed by atoms with Crippen molar-refractivity contribution >= 4 is 0 Å². The summed E-state index contributed by atoms with van der Waals surface area (Å²) >= 11 is 0. The van der Waals surface area contributed by atoms with Crippen LogP contribution in [0.5, 0.6) is 0 Å². The molecule has 0 amide bonds. The first-order valence-electron chi connectivity index (χ1n) is 3.72. The van der Waals surface area contributed by atoms with Crippen LogP contribution in [0.1, 0.15) is 32.1 Å². The molecule has 0 unspecified atom stereocenters. The Kier molecular flexibility index (Phi) is 2.88. The van der Waals surface area contributed by atoms with Crippen LogP contribution >= 0.6 is 0 Å². The molecule has 0 spiro atoms. The lowest BCUT2D eigenvalue weighted by molar-refractivity contribution is 0.432. The smallest absolute Gasteiger partial charge is 0.174 e. The van der Waals surface area contributed by atoms with Gasteiger partial charge in [0.25, 0.3) is 0 Å². The van der Waals surface area contributed by atoms with Gasteiger partial charge in [0.15, 0.2) is 0 Å². The number of hydrogen-bond donors (Lipinski definition) is 0. The molecule has 0 aromatic carbocycles. The normalized spacial score (nSPS) is 21.1. The van der Waals surface area contributed by atoms with Gasteiger partial charge < -0.3 is 0 Å². The fourth-order valence-corrected chi connectivity index (χ4v) is 1.30. The van der Waals surface area contributed by atoms with E-state index >= 15 is 0 Å². The van der Waals surface area contributed by atoms with Crippen molar-refractivity contribution in [1.82, 2.24) is 0 Å². The Morgan fingerprint density at radius 3 is 2.50 bits per heavy atom. The summed E-state index contributed by atoms with van der Waals surface area (Å²) < 4.78 is 0. The summed E-state index contributed by atoms with van der Waals surface area (Å²) in [7, 11) is 0. The maximum Gasteiger partial charge on any atom is 0.225 e. The average molecular weight is 137 g/mol. The van der Waals surface area contributed by atoms with E-state index in [1.807, 2.05) is 0 Å². The zero-order valence-electron chi connectivity index (χ0n) is 5.95. The molecular formula is C7H11N3. The van der Waals surface area contributed by atoms with Crippen LogP contribution in [0.25, 0.3) is 0 Å². The van der Waals surface area contributed by atoms with Crippen molar-refractivity contribution in [1.29, 1.82) is 5.26 Å². The fourth-order valence-electron chi connectivity index (χ4n) is 1.30. The van der Waals surface area contributed by atoms with Crippen molar-refractivity contribution in [3.63, 3.8) is 0 Å². The molecule has 0 bridgehead atoms.